The van der Waals surface area contributed by atoms with Crippen LogP contribution in [0.4, 0.5) is 10.2 Å². The number of anilines is 1. The Hall–Kier alpha value is -1.66. The molecule has 3 rings (SSSR count). The van der Waals surface area contributed by atoms with E-state index >= 15 is 0 Å². The van der Waals surface area contributed by atoms with Crippen molar-refractivity contribution in [3.63, 3.8) is 0 Å². The molecule has 2 aromatic heterocycles. The highest BCUT2D eigenvalue weighted by Crippen LogP contribution is 2.32. The monoisotopic (exact) mass is 399 g/mol. The van der Waals surface area contributed by atoms with Crippen LogP contribution in [-0.4, -0.2) is 74.4 Å². The van der Waals surface area contributed by atoms with E-state index in [1.54, 1.807) is 0 Å². The first-order valence-electron chi connectivity index (χ1n) is 8.97. The molecule has 1 fully saturated rings. The third-order valence-electron chi connectivity index (χ3n) is 4.58. The molecule has 0 aromatic carbocycles. The van der Waals surface area contributed by atoms with Gasteiger partial charge in [0.1, 0.15) is 18.3 Å². The summed E-state index contributed by atoms with van der Waals surface area (Å²) >= 11 is 0. The molecule has 0 radical (unpaired) electrons. The summed E-state index contributed by atoms with van der Waals surface area (Å²) in [6, 6.07) is 1.13. The van der Waals surface area contributed by atoms with Gasteiger partial charge in [-0.15, -0.1) is 0 Å². The standard InChI is InChI=1S/C16H26FN5O4Si/c1-27(2,3)6-4-5-18-13-10-14(21-16(17)20-13)22(8-19-10)15-12(25)11(24)9(7-23)26-15/h8-9,11-12,15,23-25H,4-7H2,1-3H3,(H,18,20,21)/t9-,11-,12-,15-/m1/s1. The van der Waals surface area contributed by atoms with Crippen LogP contribution in [0.2, 0.25) is 25.7 Å². The molecular weight excluding hydrogens is 373 g/mol. The SMILES string of the molecule is C[Si](C)(C)CCCNc1nc(F)nc2c1ncn2[C@@H]1O[C@H](CO)[C@@H](O)[C@H]1O. The van der Waals surface area contributed by atoms with E-state index in [-0.39, 0.29) is 11.5 Å². The lowest BCUT2D eigenvalue weighted by Gasteiger charge is -2.17. The van der Waals surface area contributed by atoms with Crippen LogP contribution >= 0.6 is 0 Å². The Bertz CT molecular complexity index is 799. The zero-order valence-corrected chi connectivity index (χ0v) is 16.6. The maximum absolute atomic E-state index is 14.0. The molecule has 9 nitrogen and oxygen atoms in total. The Morgan fingerprint density at radius 2 is 2.00 bits per heavy atom. The average molecular weight is 399 g/mol. The van der Waals surface area contributed by atoms with Crippen LogP contribution in [-0.2, 0) is 4.74 Å². The zero-order chi connectivity index (χ0) is 19.8. The van der Waals surface area contributed by atoms with Crippen molar-refractivity contribution in [1.29, 1.82) is 0 Å². The predicted octanol–water partition coefficient (Wildman–Crippen LogP) is 0.717. The van der Waals surface area contributed by atoms with Gasteiger partial charge in [-0.05, 0) is 6.42 Å². The summed E-state index contributed by atoms with van der Waals surface area (Å²) in [7, 11) is -1.15. The Morgan fingerprint density at radius 3 is 2.63 bits per heavy atom. The van der Waals surface area contributed by atoms with Gasteiger partial charge >= 0.3 is 6.08 Å². The molecule has 4 atom stereocenters. The van der Waals surface area contributed by atoms with Crippen molar-refractivity contribution in [1.82, 2.24) is 19.5 Å². The van der Waals surface area contributed by atoms with E-state index in [1.807, 2.05) is 0 Å². The van der Waals surface area contributed by atoms with Crippen LogP contribution in [0.25, 0.3) is 11.2 Å². The maximum atomic E-state index is 14.0. The molecule has 0 bridgehead atoms. The number of hydrogen-bond acceptors (Lipinski definition) is 8. The van der Waals surface area contributed by atoms with Crippen molar-refractivity contribution >= 4 is 25.1 Å². The number of nitrogens with one attached hydrogen (secondary N) is 1. The summed E-state index contributed by atoms with van der Waals surface area (Å²) in [5, 5.41) is 32.5. The van der Waals surface area contributed by atoms with Gasteiger partial charge in [0, 0.05) is 14.6 Å². The molecule has 150 valence electrons. The van der Waals surface area contributed by atoms with E-state index in [2.05, 4.69) is 39.9 Å². The normalized spacial score (nSPS) is 26.0. The minimum absolute atomic E-state index is 0.144. The molecule has 4 N–H and O–H groups in total. The second-order valence-corrected chi connectivity index (χ2v) is 13.6. The molecule has 0 spiro atoms. The molecule has 27 heavy (non-hydrogen) atoms. The highest BCUT2D eigenvalue weighted by atomic mass is 28.3. The number of hydrogen-bond donors (Lipinski definition) is 4. The second-order valence-electron chi connectivity index (χ2n) is 7.99. The Morgan fingerprint density at radius 1 is 1.26 bits per heavy atom. The second kappa shape index (κ2) is 7.76. The van der Waals surface area contributed by atoms with Gasteiger partial charge in [-0.2, -0.15) is 14.4 Å². The first-order chi connectivity index (χ1) is 12.7. The highest BCUT2D eigenvalue weighted by Gasteiger charge is 2.44. The summed E-state index contributed by atoms with van der Waals surface area (Å²) in [6.45, 7) is 7.06. The van der Waals surface area contributed by atoms with Crippen molar-refractivity contribution in [2.75, 3.05) is 18.5 Å². The van der Waals surface area contributed by atoms with Crippen molar-refractivity contribution in [3.05, 3.63) is 12.4 Å². The van der Waals surface area contributed by atoms with Crippen LogP contribution in [0.3, 0.4) is 0 Å². The van der Waals surface area contributed by atoms with Crippen LogP contribution in [0.5, 0.6) is 0 Å². The number of ether oxygens (including phenoxy) is 1. The highest BCUT2D eigenvalue weighted by molar-refractivity contribution is 6.76. The lowest BCUT2D eigenvalue weighted by Crippen LogP contribution is -2.33. The van der Waals surface area contributed by atoms with E-state index in [0.717, 1.165) is 12.5 Å². The molecule has 1 aliphatic heterocycles. The molecule has 3 heterocycles. The predicted molar refractivity (Wildman–Crippen MR) is 99.6 cm³/mol. The van der Waals surface area contributed by atoms with Crippen LogP contribution in [0, 0.1) is 6.08 Å². The minimum atomic E-state index is -1.30. The van der Waals surface area contributed by atoms with E-state index in [9.17, 15) is 19.7 Å². The molecule has 0 unspecified atom stereocenters. The zero-order valence-electron chi connectivity index (χ0n) is 15.6. The largest absolute Gasteiger partial charge is 0.394 e. The average Bonchev–Trinajstić information content (AvgIpc) is 3.12. The molecule has 0 amide bonds. The third-order valence-corrected chi connectivity index (χ3v) is 6.43. The number of nitrogens with zero attached hydrogens (tertiary/aromatic N) is 4. The molecule has 0 saturated carbocycles. The molecule has 1 aliphatic rings. The number of aliphatic hydroxyl groups is 3. The minimum Gasteiger partial charge on any atom is -0.394 e. The fraction of sp³-hybridized carbons (Fsp3) is 0.688. The lowest BCUT2D eigenvalue weighted by molar-refractivity contribution is -0.0511. The van der Waals surface area contributed by atoms with E-state index in [4.69, 9.17) is 4.74 Å². The molecule has 11 heteroatoms. The fourth-order valence-corrected chi connectivity index (χ4v) is 4.37. The summed E-state index contributed by atoms with van der Waals surface area (Å²) in [4.78, 5) is 11.8. The van der Waals surface area contributed by atoms with E-state index in [1.165, 1.54) is 10.9 Å². The first kappa shape index (κ1) is 20.1. The Labute approximate surface area is 157 Å². The molecule has 2 aromatic rings. The van der Waals surface area contributed by atoms with Crippen LogP contribution in [0.15, 0.2) is 6.33 Å². The van der Waals surface area contributed by atoms with Gasteiger partial charge in [0.15, 0.2) is 23.2 Å². The molecular formula is C16H26FN5O4Si. The topological polar surface area (TPSA) is 126 Å². The van der Waals surface area contributed by atoms with Crippen molar-refractivity contribution in [2.24, 2.45) is 0 Å². The van der Waals surface area contributed by atoms with Crippen molar-refractivity contribution in [2.45, 2.75) is 56.6 Å². The number of fused-ring (bicyclic) bond motifs is 1. The quantitative estimate of drug-likeness (QED) is 0.305. The van der Waals surface area contributed by atoms with Gasteiger partial charge in [-0.25, -0.2) is 4.98 Å². The smallest absolute Gasteiger partial charge is 0.312 e. The van der Waals surface area contributed by atoms with Crippen molar-refractivity contribution < 1.29 is 24.4 Å². The third kappa shape index (κ3) is 4.27. The number of halogens is 1. The van der Waals surface area contributed by atoms with Gasteiger partial charge in [-0.3, -0.25) is 4.57 Å². The number of imidazole rings is 1. The summed E-state index contributed by atoms with van der Waals surface area (Å²) in [6.07, 6.45) is -3.16. The summed E-state index contributed by atoms with van der Waals surface area (Å²) in [5.74, 6) is 0.276. The number of rotatable bonds is 7. The van der Waals surface area contributed by atoms with Crippen LogP contribution in [0.1, 0.15) is 12.6 Å². The van der Waals surface area contributed by atoms with Gasteiger partial charge in [-0.1, -0.05) is 25.7 Å². The summed E-state index contributed by atoms with van der Waals surface area (Å²) in [5.41, 5.74) is 0.493. The van der Waals surface area contributed by atoms with Gasteiger partial charge in [0.25, 0.3) is 0 Å². The Balaban J connectivity index is 1.83. The van der Waals surface area contributed by atoms with Crippen molar-refractivity contribution in [3.8, 4) is 0 Å². The summed E-state index contributed by atoms with van der Waals surface area (Å²) < 4.78 is 20.8. The fourth-order valence-electron chi connectivity index (χ4n) is 3.13. The van der Waals surface area contributed by atoms with E-state index in [0.29, 0.717) is 12.1 Å². The van der Waals surface area contributed by atoms with E-state index < -0.39 is 45.3 Å². The Kier molecular flexibility index (Phi) is 5.77. The number of aromatic nitrogens is 4. The van der Waals surface area contributed by atoms with Gasteiger partial charge < -0.3 is 25.4 Å². The first-order valence-corrected chi connectivity index (χ1v) is 12.7. The molecule has 0 aliphatic carbocycles. The maximum Gasteiger partial charge on any atom is 0.312 e. The molecule has 1 saturated heterocycles. The van der Waals surface area contributed by atoms with Gasteiger partial charge in [0.05, 0.1) is 12.9 Å². The number of aliphatic hydroxyl groups excluding tert-OH is 3. The van der Waals surface area contributed by atoms with Gasteiger partial charge in [0.2, 0.25) is 0 Å². The lowest BCUT2D eigenvalue weighted by atomic mass is 10.1. The van der Waals surface area contributed by atoms with Crippen LogP contribution < -0.4 is 5.32 Å².